The minimum absolute atomic E-state index is 0.317. The first-order valence-electron chi connectivity index (χ1n) is 6.20. The minimum Gasteiger partial charge on any atom is -0.378 e. The molecule has 1 heterocycles. The molecule has 1 aromatic carbocycles. The summed E-state index contributed by atoms with van der Waals surface area (Å²) in [5.41, 5.74) is 1.08. The molecule has 1 N–H and O–H groups in total. The molecule has 0 atom stereocenters. The maximum absolute atomic E-state index is 13.3. The number of nitrogens with one attached hydrogen (secondary N) is 1. The Morgan fingerprint density at radius 3 is 2.60 bits per heavy atom. The molecule has 0 spiro atoms. The highest BCUT2D eigenvalue weighted by atomic mass is 19.2. The number of ether oxygens (including phenoxy) is 1. The van der Waals surface area contributed by atoms with Gasteiger partial charge in [-0.2, -0.15) is 0 Å². The van der Waals surface area contributed by atoms with Gasteiger partial charge in [0.25, 0.3) is 0 Å². The molecule has 0 amide bonds. The third kappa shape index (κ3) is 3.27. The van der Waals surface area contributed by atoms with Crippen LogP contribution in [0.4, 0.5) is 14.6 Å². The van der Waals surface area contributed by atoms with Crippen LogP contribution in [0.25, 0.3) is 11.4 Å². The number of rotatable bonds is 5. The van der Waals surface area contributed by atoms with E-state index in [0.717, 1.165) is 12.1 Å². The monoisotopic (exact) mass is 279 g/mol. The minimum atomic E-state index is -0.923. The summed E-state index contributed by atoms with van der Waals surface area (Å²) in [5, 5.41) is 3.07. The number of anilines is 1. The highest BCUT2D eigenvalue weighted by molar-refractivity contribution is 5.57. The maximum atomic E-state index is 13.3. The van der Waals surface area contributed by atoms with Crippen molar-refractivity contribution in [2.45, 2.75) is 13.5 Å². The summed E-state index contributed by atoms with van der Waals surface area (Å²) in [6.07, 6.45) is 0. The Morgan fingerprint density at radius 1 is 1.15 bits per heavy atom. The normalized spacial score (nSPS) is 10.6. The van der Waals surface area contributed by atoms with Crippen LogP contribution in [0.15, 0.2) is 24.3 Å². The Balaban J connectivity index is 2.45. The number of hydrogen-bond donors (Lipinski definition) is 1. The zero-order valence-electron chi connectivity index (χ0n) is 11.3. The van der Waals surface area contributed by atoms with E-state index in [4.69, 9.17) is 4.74 Å². The van der Waals surface area contributed by atoms with Gasteiger partial charge in [-0.25, -0.2) is 18.7 Å². The van der Waals surface area contributed by atoms with E-state index in [1.807, 2.05) is 6.92 Å². The van der Waals surface area contributed by atoms with Crippen molar-refractivity contribution in [2.24, 2.45) is 0 Å². The lowest BCUT2D eigenvalue weighted by atomic mass is 10.2. The van der Waals surface area contributed by atoms with Gasteiger partial charge in [0, 0.05) is 25.3 Å². The standard InChI is InChI=1S/C14H15F2N3O/c1-3-17-13-7-10(8-20-2)18-14(19-13)9-4-5-11(15)12(16)6-9/h4-7H,3,8H2,1-2H3,(H,17,18,19). The van der Waals surface area contributed by atoms with E-state index < -0.39 is 11.6 Å². The lowest BCUT2D eigenvalue weighted by Crippen LogP contribution is -2.05. The smallest absolute Gasteiger partial charge is 0.161 e. The number of aromatic nitrogens is 2. The summed E-state index contributed by atoms with van der Waals surface area (Å²) in [7, 11) is 1.56. The molecule has 2 rings (SSSR count). The summed E-state index contributed by atoms with van der Waals surface area (Å²) in [5.74, 6) is -0.870. The van der Waals surface area contributed by atoms with Crippen molar-refractivity contribution in [2.75, 3.05) is 19.0 Å². The molecule has 0 aliphatic carbocycles. The number of methoxy groups -OCH3 is 1. The summed E-state index contributed by atoms with van der Waals surface area (Å²) >= 11 is 0. The summed E-state index contributed by atoms with van der Waals surface area (Å²) in [6, 6.07) is 5.34. The van der Waals surface area contributed by atoms with E-state index in [-0.39, 0.29) is 0 Å². The first-order valence-corrected chi connectivity index (χ1v) is 6.20. The lowest BCUT2D eigenvalue weighted by molar-refractivity contribution is 0.181. The third-order valence-electron chi connectivity index (χ3n) is 2.61. The van der Waals surface area contributed by atoms with Gasteiger partial charge in [-0.3, -0.25) is 0 Å². The van der Waals surface area contributed by atoms with Crippen LogP contribution in [0.3, 0.4) is 0 Å². The van der Waals surface area contributed by atoms with Gasteiger partial charge in [-0.1, -0.05) is 0 Å². The molecule has 1 aromatic heterocycles. The van der Waals surface area contributed by atoms with Gasteiger partial charge >= 0.3 is 0 Å². The molecule has 0 saturated carbocycles. The average molecular weight is 279 g/mol. The van der Waals surface area contributed by atoms with Crippen LogP contribution in [0.5, 0.6) is 0 Å². The van der Waals surface area contributed by atoms with E-state index in [2.05, 4.69) is 15.3 Å². The Hall–Kier alpha value is -2.08. The van der Waals surface area contributed by atoms with Gasteiger partial charge in [-0.05, 0) is 25.1 Å². The molecule has 0 unspecified atom stereocenters. The predicted octanol–water partition coefficient (Wildman–Crippen LogP) is 3.00. The number of halogens is 2. The van der Waals surface area contributed by atoms with E-state index in [0.29, 0.717) is 36.1 Å². The van der Waals surface area contributed by atoms with Crippen LogP contribution < -0.4 is 5.32 Å². The molecule has 0 radical (unpaired) electrons. The topological polar surface area (TPSA) is 47.0 Å². The van der Waals surface area contributed by atoms with Crippen LogP contribution in [-0.4, -0.2) is 23.6 Å². The second kappa shape index (κ2) is 6.38. The highest BCUT2D eigenvalue weighted by Crippen LogP contribution is 2.20. The molecular weight excluding hydrogens is 264 g/mol. The van der Waals surface area contributed by atoms with Crippen LogP contribution in [-0.2, 0) is 11.3 Å². The van der Waals surface area contributed by atoms with Gasteiger partial charge in [0.05, 0.1) is 12.3 Å². The van der Waals surface area contributed by atoms with Gasteiger partial charge < -0.3 is 10.1 Å². The second-order valence-electron chi connectivity index (χ2n) is 4.16. The quantitative estimate of drug-likeness (QED) is 0.914. The fourth-order valence-electron chi connectivity index (χ4n) is 1.76. The Morgan fingerprint density at radius 2 is 1.95 bits per heavy atom. The molecule has 106 valence electrons. The van der Waals surface area contributed by atoms with E-state index in [1.54, 1.807) is 13.2 Å². The Labute approximate surface area is 115 Å². The molecule has 0 bridgehead atoms. The van der Waals surface area contributed by atoms with Crippen molar-refractivity contribution in [3.63, 3.8) is 0 Å². The largest absolute Gasteiger partial charge is 0.378 e. The second-order valence-corrected chi connectivity index (χ2v) is 4.16. The number of nitrogens with zero attached hydrogens (tertiary/aromatic N) is 2. The Kier molecular flexibility index (Phi) is 4.57. The van der Waals surface area contributed by atoms with Gasteiger partial charge in [0.2, 0.25) is 0 Å². The number of benzene rings is 1. The highest BCUT2D eigenvalue weighted by Gasteiger charge is 2.10. The molecule has 6 heteroatoms. The summed E-state index contributed by atoms with van der Waals surface area (Å²) in [6.45, 7) is 2.95. The molecule has 0 saturated heterocycles. The molecule has 2 aromatic rings. The van der Waals surface area contributed by atoms with Crippen molar-refractivity contribution in [1.29, 1.82) is 0 Å². The van der Waals surface area contributed by atoms with Gasteiger partial charge in [0.15, 0.2) is 17.5 Å². The molecule has 20 heavy (non-hydrogen) atoms. The van der Waals surface area contributed by atoms with Crippen molar-refractivity contribution in [3.8, 4) is 11.4 Å². The molecule has 4 nitrogen and oxygen atoms in total. The fraction of sp³-hybridized carbons (Fsp3) is 0.286. The van der Waals surface area contributed by atoms with Crippen LogP contribution in [0, 0.1) is 11.6 Å². The SMILES string of the molecule is CCNc1cc(COC)nc(-c2ccc(F)c(F)c2)n1. The van der Waals surface area contributed by atoms with Crippen molar-refractivity contribution < 1.29 is 13.5 Å². The van der Waals surface area contributed by atoms with E-state index >= 15 is 0 Å². The van der Waals surface area contributed by atoms with Crippen molar-refractivity contribution >= 4 is 5.82 Å². The lowest BCUT2D eigenvalue weighted by Gasteiger charge is -2.09. The fourth-order valence-corrected chi connectivity index (χ4v) is 1.76. The Bertz CT molecular complexity index is 581. The van der Waals surface area contributed by atoms with Crippen molar-refractivity contribution in [3.05, 3.63) is 41.6 Å². The van der Waals surface area contributed by atoms with E-state index in [1.165, 1.54) is 6.07 Å². The molecule has 0 aliphatic rings. The third-order valence-corrected chi connectivity index (χ3v) is 2.61. The number of hydrogen-bond acceptors (Lipinski definition) is 4. The molecule has 0 fully saturated rings. The first kappa shape index (κ1) is 14.3. The van der Waals surface area contributed by atoms with E-state index in [9.17, 15) is 8.78 Å². The molecular formula is C14H15F2N3O. The zero-order chi connectivity index (χ0) is 14.5. The predicted molar refractivity (Wildman–Crippen MR) is 72.3 cm³/mol. The van der Waals surface area contributed by atoms with Crippen LogP contribution >= 0.6 is 0 Å². The van der Waals surface area contributed by atoms with Crippen LogP contribution in [0.1, 0.15) is 12.6 Å². The summed E-state index contributed by atoms with van der Waals surface area (Å²) in [4.78, 5) is 8.56. The maximum Gasteiger partial charge on any atom is 0.161 e. The summed E-state index contributed by atoms with van der Waals surface area (Å²) < 4.78 is 31.3. The average Bonchev–Trinajstić information content (AvgIpc) is 2.42. The zero-order valence-corrected chi connectivity index (χ0v) is 11.3. The van der Waals surface area contributed by atoms with Gasteiger partial charge in [-0.15, -0.1) is 0 Å². The van der Waals surface area contributed by atoms with Crippen LogP contribution in [0.2, 0.25) is 0 Å². The van der Waals surface area contributed by atoms with Gasteiger partial charge in [0.1, 0.15) is 5.82 Å². The molecule has 0 aliphatic heterocycles. The first-order chi connectivity index (χ1) is 9.63. The van der Waals surface area contributed by atoms with Crippen molar-refractivity contribution in [1.82, 2.24) is 9.97 Å².